The van der Waals surface area contributed by atoms with Gasteiger partial charge < -0.3 is 14.7 Å². The Bertz CT molecular complexity index is 993. The lowest BCUT2D eigenvalue weighted by atomic mass is 10.1. The first kappa shape index (κ1) is 16.0. The second kappa shape index (κ2) is 6.78. The molecule has 0 fully saturated rings. The first-order valence-corrected chi connectivity index (χ1v) is 9.13. The smallest absolute Gasteiger partial charge is 0.313 e. The molecule has 25 heavy (non-hydrogen) atoms. The zero-order valence-electron chi connectivity index (χ0n) is 13.8. The Morgan fingerprint density at radius 1 is 1.16 bits per heavy atom. The van der Waals surface area contributed by atoms with E-state index in [1.54, 1.807) is 42.5 Å². The van der Waals surface area contributed by atoms with Crippen molar-refractivity contribution < 1.29 is 23.5 Å². The number of hydrogen-bond donors (Lipinski definition) is 1. The number of hydrogen-bond acceptors (Lipinski definition) is 6. The molecule has 2 aromatic carbocycles. The van der Waals surface area contributed by atoms with Crippen LogP contribution in [0.25, 0.3) is 0 Å². The van der Waals surface area contributed by atoms with Gasteiger partial charge in [0, 0.05) is 10.6 Å². The van der Waals surface area contributed by atoms with Gasteiger partial charge >= 0.3 is 10.1 Å². The highest BCUT2D eigenvalue weighted by Gasteiger charge is 2.40. The van der Waals surface area contributed by atoms with Crippen molar-refractivity contribution in [3.63, 3.8) is 0 Å². The molecule has 2 aromatic rings. The number of carbonyl (C=O) groups excluding carboxylic acids is 1. The third kappa shape index (κ3) is 3.78. The predicted octanol–water partition coefficient (Wildman–Crippen LogP) is 2.65. The third-order valence-electron chi connectivity index (χ3n) is 3.36. The minimum Gasteiger partial charge on any atom is -0.460 e. The van der Waals surface area contributed by atoms with Gasteiger partial charge in [-0.2, -0.15) is 8.42 Å². The van der Waals surface area contributed by atoms with E-state index >= 15 is 0 Å². The van der Waals surface area contributed by atoms with Crippen LogP contribution in [0.2, 0.25) is 5.02 Å². The molecular weight excluding hydrogens is 366 g/mol. The summed E-state index contributed by atoms with van der Waals surface area (Å²) < 4.78 is 42.8. The summed E-state index contributed by atoms with van der Waals surface area (Å²) in [4.78, 5) is 12.6. The number of rotatable bonds is 5. The van der Waals surface area contributed by atoms with E-state index in [1.165, 1.54) is 12.1 Å². The molecule has 8 heteroatoms. The van der Waals surface area contributed by atoms with Crippen LogP contribution in [-0.4, -0.2) is 14.2 Å². The number of carbonyl (C=O) groups is 1. The van der Waals surface area contributed by atoms with Crippen molar-refractivity contribution in [2.75, 3.05) is 0 Å². The predicted molar refractivity (Wildman–Crippen MR) is 91.6 cm³/mol. The second-order valence-electron chi connectivity index (χ2n) is 5.20. The lowest BCUT2D eigenvalue weighted by Gasteiger charge is -2.11. The molecule has 1 heterocycles. The van der Waals surface area contributed by atoms with Crippen LogP contribution in [0.3, 0.4) is 0 Å². The SMILES string of the molecule is [2H][C@]1(c2ccccc2Cl)OC(N)=C(OS(=O)(=O)Cc2ccccc2)C1=O. The van der Waals surface area contributed by atoms with E-state index < -0.39 is 39.4 Å². The molecule has 0 amide bonds. The first-order valence-electron chi connectivity index (χ1n) is 7.67. The van der Waals surface area contributed by atoms with Crippen LogP contribution >= 0.6 is 11.6 Å². The Balaban J connectivity index is 1.86. The van der Waals surface area contributed by atoms with Gasteiger partial charge in [-0.15, -0.1) is 0 Å². The quantitative estimate of drug-likeness (QED) is 0.801. The number of ketones is 1. The fourth-order valence-electron chi connectivity index (χ4n) is 2.25. The van der Waals surface area contributed by atoms with Gasteiger partial charge in [-0.3, -0.25) is 4.79 Å². The molecule has 0 saturated carbocycles. The standard InChI is InChI=1S/C17H14ClNO5S/c18-13-9-5-4-8-12(13)15-14(20)16(17(19)23-15)24-25(21,22)10-11-6-2-1-3-7-11/h1-9,15H,10,19H2/t15-/m1/s1/i15D. The molecule has 3 rings (SSSR count). The molecule has 1 aliphatic rings. The minimum atomic E-state index is -4.18. The zero-order valence-corrected chi connectivity index (χ0v) is 14.4. The van der Waals surface area contributed by atoms with Crippen molar-refractivity contribution in [3.05, 3.63) is 82.4 Å². The summed E-state index contributed by atoms with van der Waals surface area (Å²) in [6, 6.07) is 14.4. The van der Waals surface area contributed by atoms with Crippen LogP contribution in [0.1, 0.15) is 18.6 Å². The Labute approximate surface area is 151 Å². The van der Waals surface area contributed by atoms with Gasteiger partial charge in [-0.25, -0.2) is 0 Å². The van der Waals surface area contributed by atoms with Gasteiger partial charge in [-0.05, 0) is 11.6 Å². The van der Waals surface area contributed by atoms with Gasteiger partial charge in [0.25, 0.3) is 0 Å². The van der Waals surface area contributed by atoms with E-state index in [0.717, 1.165) is 0 Å². The molecule has 0 radical (unpaired) electrons. The van der Waals surface area contributed by atoms with E-state index in [-0.39, 0.29) is 10.6 Å². The molecule has 0 unspecified atom stereocenters. The van der Waals surface area contributed by atoms with Crippen molar-refractivity contribution in [2.24, 2.45) is 5.73 Å². The van der Waals surface area contributed by atoms with E-state index in [1.807, 2.05) is 0 Å². The summed E-state index contributed by atoms with van der Waals surface area (Å²) >= 11 is 6.02. The highest BCUT2D eigenvalue weighted by molar-refractivity contribution is 7.86. The normalized spacial score (nSPS) is 21.0. The molecule has 1 atom stereocenters. The fourth-order valence-corrected chi connectivity index (χ4v) is 3.55. The van der Waals surface area contributed by atoms with E-state index in [4.69, 9.17) is 27.6 Å². The number of Topliss-reactive ketones (excluding diaryl/α,β-unsaturated/α-hetero) is 1. The summed E-state index contributed by atoms with van der Waals surface area (Å²) in [5.74, 6) is -2.81. The lowest BCUT2D eigenvalue weighted by molar-refractivity contribution is -0.123. The van der Waals surface area contributed by atoms with Crippen molar-refractivity contribution >= 4 is 27.5 Å². The van der Waals surface area contributed by atoms with Gasteiger partial charge in [0.1, 0.15) is 5.75 Å². The molecular formula is C17H14ClNO5S. The molecule has 0 spiro atoms. The highest BCUT2D eigenvalue weighted by Crippen LogP contribution is 2.35. The monoisotopic (exact) mass is 380 g/mol. The lowest BCUT2D eigenvalue weighted by Crippen LogP contribution is -2.16. The van der Waals surface area contributed by atoms with E-state index in [9.17, 15) is 13.2 Å². The van der Waals surface area contributed by atoms with Gasteiger partial charge in [-0.1, -0.05) is 60.1 Å². The van der Waals surface area contributed by atoms with Crippen LogP contribution in [-0.2, 0) is 29.6 Å². The Kier molecular flexibility index (Phi) is 4.33. The Morgan fingerprint density at radius 2 is 1.80 bits per heavy atom. The maximum atomic E-state index is 12.6. The third-order valence-corrected chi connectivity index (χ3v) is 4.80. The molecule has 0 aliphatic carbocycles. The number of halogens is 1. The van der Waals surface area contributed by atoms with Gasteiger partial charge in [0.2, 0.25) is 17.4 Å². The van der Waals surface area contributed by atoms with E-state index in [2.05, 4.69) is 0 Å². The van der Waals surface area contributed by atoms with Crippen molar-refractivity contribution in [1.29, 1.82) is 0 Å². The Morgan fingerprint density at radius 3 is 2.48 bits per heavy atom. The second-order valence-corrected chi connectivity index (χ2v) is 7.18. The molecule has 2 N–H and O–H groups in total. The summed E-state index contributed by atoms with van der Waals surface area (Å²) in [6.45, 7) is 0. The van der Waals surface area contributed by atoms with Crippen LogP contribution in [0.4, 0.5) is 0 Å². The fraction of sp³-hybridized carbons (Fsp3) is 0.118. The zero-order chi connectivity index (χ0) is 18.9. The van der Waals surface area contributed by atoms with Crippen molar-refractivity contribution in [2.45, 2.75) is 11.8 Å². The topological polar surface area (TPSA) is 95.7 Å². The van der Waals surface area contributed by atoms with Crippen LogP contribution in [0.5, 0.6) is 0 Å². The summed E-state index contributed by atoms with van der Waals surface area (Å²) in [5.41, 5.74) is 6.13. The van der Waals surface area contributed by atoms with Crippen molar-refractivity contribution in [1.82, 2.24) is 0 Å². The highest BCUT2D eigenvalue weighted by atomic mass is 35.5. The van der Waals surface area contributed by atoms with Crippen molar-refractivity contribution in [3.8, 4) is 0 Å². The maximum Gasteiger partial charge on any atom is 0.313 e. The average Bonchev–Trinajstić information content (AvgIpc) is 2.79. The van der Waals surface area contributed by atoms with E-state index in [0.29, 0.717) is 5.56 Å². The van der Waals surface area contributed by atoms with Gasteiger partial charge in [0.15, 0.2) is 6.08 Å². The molecule has 6 nitrogen and oxygen atoms in total. The molecule has 1 aliphatic heterocycles. The largest absolute Gasteiger partial charge is 0.460 e. The van der Waals surface area contributed by atoms with Gasteiger partial charge in [0.05, 0.1) is 1.37 Å². The summed E-state index contributed by atoms with van der Waals surface area (Å²) in [5, 5.41) is 0.108. The number of ether oxygens (including phenoxy) is 1. The molecule has 0 aromatic heterocycles. The van der Waals surface area contributed by atoms with Crippen LogP contribution in [0, 0.1) is 0 Å². The van der Waals surface area contributed by atoms with Crippen LogP contribution in [0.15, 0.2) is 66.2 Å². The number of nitrogens with two attached hydrogens (primary N) is 1. The minimum absolute atomic E-state index is 0.0358. The Hall–Kier alpha value is -2.51. The summed E-state index contributed by atoms with van der Waals surface area (Å²) in [7, 11) is -4.18. The average molecular weight is 381 g/mol. The first-order chi connectivity index (χ1) is 12.2. The number of benzene rings is 2. The van der Waals surface area contributed by atoms with Crippen LogP contribution < -0.4 is 5.73 Å². The summed E-state index contributed by atoms with van der Waals surface area (Å²) in [6.07, 6.45) is -2.31. The molecule has 0 saturated heterocycles. The molecule has 0 bridgehead atoms. The molecule has 130 valence electrons. The maximum absolute atomic E-state index is 12.6.